The Hall–Kier alpha value is 0.0700. The van der Waals surface area contributed by atoms with Gasteiger partial charge in [0.25, 0.3) is 0 Å². The van der Waals surface area contributed by atoms with E-state index in [4.69, 9.17) is 14.5 Å². The Balaban J connectivity index is 3.90. The summed E-state index contributed by atoms with van der Waals surface area (Å²) in [6, 6.07) is 0. The molecule has 0 aromatic heterocycles. The van der Waals surface area contributed by atoms with Crippen molar-refractivity contribution >= 4 is 7.82 Å². The predicted molar refractivity (Wildman–Crippen MR) is 52.9 cm³/mol. The van der Waals surface area contributed by atoms with Crippen LogP contribution in [0, 0.1) is 0 Å². The van der Waals surface area contributed by atoms with Crippen molar-refractivity contribution in [1.82, 2.24) is 0 Å². The number of rotatable bonds is 6. The van der Waals surface area contributed by atoms with E-state index in [-0.39, 0.29) is 6.10 Å². The molecule has 0 unspecified atom stereocenters. The zero-order valence-corrected chi connectivity index (χ0v) is 9.95. The van der Waals surface area contributed by atoms with Crippen LogP contribution in [0.3, 0.4) is 0 Å². The first-order valence-corrected chi connectivity index (χ1v) is 6.03. The number of phosphoric ester groups is 1. The van der Waals surface area contributed by atoms with Gasteiger partial charge in [0.05, 0.1) is 11.7 Å². The summed E-state index contributed by atoms with van der Waals surface area (Å²) in [5.41, 5.74) is -0.867. The highest BCUT2D eigenvalue weighted by atomic mass is 31.2. The van der Waals surface area contributed by atoms with Gasteiger partial charge in [-0.25, -0.2) is 4.57 Å². The van der Waals surface area contributed by atoms with E-state index in [9.17, 15) is 4.57 Å². The van der Waals surface area contributed by atoms with Gasteiger partial charge in [0.1, 0.15) is 0 Å². The molecule has 0 aliphatic rings. The van der Waals surface area contributed by atoms with E-state index in [0.29, 0.717) is 13.0 Å². The number of hydrogen-bond acceptors (Lipinski definition) is 3. The third-order valence-corrected chi connectivity index (χ3v) is 2.25. The molecule has 0 aromatic rings. The largest absolute Gasteiger partial charge is 0.470 e. The standard InChI is InChI=1S/C8H19O5P/c1-7(2)12-6-5-8(3,4)13-14(9,10)11/h7H,5-6H2,1-4H3,(H2,9,10,11). The quantitative estimate of drug-likeness (QED) is 0.674. The highest BCUT2D eigenvalue weighted by Crippen LogP contribution is 2.42. The van der Waals surface area contributed by atoms with Crippen LogP contribution in [0.1, 0.15) is 34.1 Å². The molecule has 0 bridgehead atoms. The minimum absolute atomic E-state index is 0.112. The van der Waals surface area contributed by atoms with Crippen molar-refractivity contribution in [3.05, 3.63) is 0 Å². The summed E-state index contributed by atoms with van der Waals surface area (Å²) >= 11 is 0. The minimum Gasteiger partial charge on any atom is -0.379 e. The molecule has 0 rings (SSSR count). The fraction of sp³-hybridized carbons (Fsp3) is 1.00. The molecule has 0 spiro atoms. The highest BCUT2D eigenvalue weighted by Gasteiger charge is 2.28. The molecule has 0 atom stereocenters. The van der Waals surface area contributed by atoms with Crippen LogP contribution in [0.4, 0.5) is 0 Å². The Kier molecular flexibility index (Phi) is 5.26. The molecule has 0 aliphatic carbocycles. The summed E-state index contributed by atoms with van der Waals surface area (Å²) in [5.74, 6) is 0. The molecule has 0 saturated carbocycles. The molecule has 0 fully saturated rings. The Morgan fingerprint density at radius 1 is 1.36 bits per heavy atom. The van der Waals surface area contributed by atoms with Crippen LogP contribution < -0.4 is 0 Å². The average molecular weight is 226 g/mol. The predicted octanol–water partition coefficient (Wildman–Crippen LogP) is 1.69. The lowest BCUT2D eigenvalue weighted by Crippen LogP contribution is -2.25. The summed E-state index contributed by atoms with van der Waals surface area (Å²) in [7, 11) is -4.41. The third-order valence-electron chi connectivity index (χ3n) is 1.52. The van der Waals surface area contributed by atoms with Crippen molar-refractivity contribution in [3.8, 4) is 0 Å². The van der Waals surface area contributed by atoms with Gasteiger partial charge in [-0.05, 0) is 34.1 Å². The zero-order chi connectivity index (χ0) is 11.4. The molecule has 0 saturated heterocycles. The van der Waals surface area contributed by atoms with Crippen molar-refractivity contribution in [1.29, 1.82) is 0 Å². The van der Waals surface area contributed by atoms with Crippen LogP contribution in [0.25, 0.3) is 0 Å². The van der Waals surface area contributed by atoms with E-state index >= 15 is 0 Å². The molecule has 5 nitrogen and oxygen atoms in total. The van der Waals surface area contributed by atoms with Crippen LogP contribution in [0.5, 0.6) is 0 Å². The summed E-state index contributed by atoms with van der Waals surface area (Å²) < 4.78 is 20.4. The summed E-state index contributed by atoms with van der Waals surface area (Å²) in [4.78, 5) is 17.2. The van der Waals surface area contributed by atoms with Gasteiger partial charge in [-0.15, -0.1) is 0 Å². The van der Waals surface area contributed by atoms with Crippen molar-refractivity contribution in [2.24, 2.45) is 0 Å². The summed E-state index contributed by atoms with van der Waals surface area (Å²) in [6.45, 7) is 7.46. The van der Waals surface area contributed by atoms with Crippen LogP contribution in [0.15, 0.2) is 0 Å². The molecule has 0 amide bonds. The van der Waals surface area contributed by atoms with Gasteiger partial charge in [-0.1, -0.05) is 0 Å². The van der Waals surface area contributed by atoms with Gasteiger partial charge in [0.2, 0.25) is 0 Å². The van der Waals surface area contributed by atoms with E-state index in [1.54, 1.807) is 13.8 Å². The van der Waals surface area contributed by atoms with Gasteiger partial charge in [-0.2, -0.15) is 0 Å². The van der Waals surface area contributed by atoms with Crippen LogP contribution in [-0.2, 0) is 13.8 Å². The smallest absolute Gasteiger partial charge is 0.379 e. The second kappa shape index (κ2) is 5.24. The zero-order valence-electron chi connectivity index (χ0n) is 9.06. The van der Waals surface area contributed by atoms with Gasteiger partial charge in [0.15, 0.2) is 0 Å². The van der Waals surface area contributed by atoms with E-state index in [2.05, 4.69) is 4.52 Å². The maximum atomic E-state index is 10.6. The molecule has 0 aromatic carbocycles. The Bertz CT molecular complexity index is 208. The Morgan fingerprint density at radius 2 is 1.86 bits per heavy atom. The molecule has 0 aliphatic heterocycles. The Labute approximate surface area is 84.7 Å². The number of hydrogen-bond donors (Lipinski definition) is 2. The fourth-order valence-electron chi connectivity index (χ4n) is 0.908. The van der Waals surface area contributed by atoms with Crippen molar-refractivity contribution in [3.63, 3.8) is 0 Å². The first-order valence-electron chi connectivity index (χ1n) is 4.50. The average Bonchev–Trinajstić information content (AvgIpc) is 1.78. The number of ether oxygens (including phenoxy) is 1. The van der Waals surface area contributed by atoms with Crippen LogP contribution in [-0.4, -0.2) is 28.1 Å². The monoisotopic (exact) mass is 226 g/mol. The topological polar surface area (TPSA) is 76.0 Å². The first-order chi connectivity index (χ1) is 6.12. The molecule has 0 heterocycles. The van der Waals surface area contributed by atoms with Gasteiger partial charge in [-0.3, -0.25) is 4.52 Å². The van der Waals surface area contributed by atoms with E-state index in [1.807, 2.05) is 13.8 Å². The summed E-state index contributed by atoms with van der Waals surface area (Å²) in [5, 5.41) is 0. The van der Waals surface area contributed by atoms with Gasteiger partial charge >= 0.3 is 7.82 Å². The minimum atomic E-state index is -4.41. The number of phosphoric acid groups is 1. The van der Waals surface area contributed by atoms with E-state index in [0.717, 1.165) is 0 Å². The SMILES string of the molecule is CC(C)OCCC(C)(C)OP(=O)(O)O. The maximum absolute atomic E-state index is 10.6. The lowest BCUT2D eigenvalue weighted by atomic mass is 10.1. The summed E-state index contributed by atoms with van der Waals surface area (Å²) in [6.07, 6.45) is 0.553. The molecular weight excluding hydrogens is 207 g/mol. The second-order valence-corrected chi connectivity index (χ2v) is 5.17. The van der Waals surface area contributed by atoms with E-state index in [1.165, 1.54) is 0 Å². The lowest BCUT2D eigenvalue weighted by Gasteiger charge is -2.25. The van der Waals surface area contributed by atoms with Crippen molar-refractivity contribution in [2.75, 3.05) is 6.61 Å². The molecule has 0 radical (unpaired) electrons. The van der Waals surface area contributed by atoms with Gasteiger partial charge < -0.3 is 14.5 Å². The molecule has 86 valence electrons. The second-order valence-electron chi connectivity index (χ2n) is 4.01. The maximum Gasteiger partial charge on any atom is 0.470 e. The van der Waals surface area contributed by atoms with E-state index < -0.39 is 13.4 Å². The molecule has 14 heavy (non-hydrogen) atoms. The first kappa shape index (κ1) is 14.1. The van der Waals surface area contributed by atoms with Gasteiger partial charge in [0, 0.05) is 6.61 Å². The highest BCUT2D eigenvalue weighted by molar-refractivity contribution is 7.46. The van der Waals surface area contributed by atoms with Crippen LogP contribution >= 0.6 is 7.82 Å². The normalized spacial score (nSPS) is 13.6. The molecule has 6 heteroatoms. The lowest BCUT2D eigenvalue weighted by molar-refractivity contribution is 0.00872. The van der Waals surface area contributed by atoms with Crippen LogP contribution in [0.2, 0.25) is 0 Å². The molecule has 2 N–H and O–H groups in total. The molecular formula is C8H19O5P. The Morgan fingerprint density at radius 3 is 2.21 bits per heavy atom. The van der Waals surface area contributed by atoms with Crippen molar-refractivity contribution in [2.45, 2.75) is 45.8 Å². The fourth-order valence-corrected chi connectivity index (χ4v) is 1.64. The third kappa shape index (κ3) is 8.66. The van der Waals surface area contributed by atoms with Crippen molar-refractivity contribution < 1.29 is 23.6 Å².